The standard InChI is InChI=1S/C36H37N2S3/c1-3-25-37-30-17-8-10-19-32(30)40-34(37)23-21-27-13-12-14-28(36(27)39-29-15-6-5-7-16-29)22-24-35-38(26-4-2)31-18-9-11-20-33(31)41-35/h5-11,15-24H,3-4,12-14,25-26H2,1-2H3/q+1. The van der Waals surface area contributed by atoms with Crippen LogP contribution in [0.3, 0.4) is 0 Å². The Hall–Kier alpha value is -2.99. The predicted octanol–water partition coefficient (Wildman–Crippen LogP) is 10.6. The zero-order valence-corrected chi connectivity index (χ0v) is 26.3. The summed E-state index contributed by atoms with van der Waals surface area (Å²) in [5, 5.41) is 2.66. The summed E-state index contributed by atoms with van der Waals surface area (Å²) in [5.74, 6) is 0. The first-order valence-corrected chi connectivity index (χ1v) is 17.2. The van der Waals surface area contributed by atoms with Crippen molar-refractivity contribution in [2.24, 2.45) is 0 Å². The number of nitrogens with zero attached hydrogens (tertiary/aromatic N) is 2. The smallest absolute Gasteiger partial charge is 0.262 e. The van der Waals surface area contributed by atoms with Crippen LogP contribution < -0.4 is 9.47 Å². The van der Waals surface area contributed by atoms with E-state index in [9.17, 15) is 0 Å². The van der Waals surface area contributed by atoms with Gasteiger partial charge in [-0.15, -0.1) is 0 Å². The third-order valence-corrected chi connectivity index (χ3v) is 11.0. The third kappa shape index (κ3) is 6.28. The Morgan fingerprint density at radius 1 is 0.854 bits per heavy atom. The van der Waals surface area contributed by atoms with Gasteiger partial charge in [0.15, 0.2) is 0 Å². The van der Waals surface area contributed by atoms with E-state index in [1.165, 1.54) is 58.2 Å². The first kappa shape index (κ1) is 28.1. The minimum absolute atomic E-state index is 1.04. The number of aryl methyl sites for hydroxylation is 1. The van der Waals surface area contributed by atoms with Crippen molar-refractivity contribution in [2.75, 3.05) is 11.4 Å². The van der Waals surface area contributed by atoms with E-state index >= 15 is 0 Å². The van der Waals surface area contributed by atoms with Gasteiger partial charge in [-0.05, 0) is 73.2 Å². The zero-order chi connectivity index (χ0) is 28.0. The second kappa shape index (κ2) is 13.3. The number of thiazole rings is 1. The molecule has 1 aliphatic heterocycles. The molecule has 0 atom stereocenters. The van der Waals surface area contributed by atoms with Crippen LogP contribution in [0, 0.1) is 0 Å². The molecule has 0 radical (unpaired) electrons. The lowest BCUT2D eigenvalue weighted by Crippen LogP contribution is -2.34. The fraction of sp³-hybridized carbons (Fsp3) is 0.250. The molecule has 0 amide bonds. The molecule has 0 unspecified atom stereocenters. The van der Waals surface area contributed by atoms with E-state index in [4.69, 9.17) is 0 Å². The molecule has 4 aromatic rings. The molecule has 5 heteroatoms. The van der Waals surface area contributed by atoms with E-state index in [1.807, 2.05) is 34.9 Å². The molecule has 0 fully saturated rings. The summed E-state index contributed by atoms with van der Waals surface area (Å²) in [6.45, 7) is 6.61. The molecule has 1 aliphatic carbocycles. The topological polar surface area (TPSA) is 7.12 Å². The molecule has 0 spiro atoms. The largest absolute Gasteiger partial charge is 0.335 e. The minimum Gasteiger partial charge on any atom is -0.335 e. The maximum absolute atomic E-state index is 2.49. The number of fused-ring (bicyclic) bond motifs is 2. The monoisotopic (exact) mass is 593 g/mol. The molecule has 0 saturated heterocycles. The van der Waals surface area contributed by atoms with Crippen LogP contribution in [-0.2, 0) is 6.54 Å². The van der Waals surface area contributed by atoms with E-state index < -0.39 is 0 Å². The maximum Gasteiger partial charge on any atom is 0.262 e. The molecule has 3 aromatic carbocycles. The SMILES string of the molecule is CCCN1C(=CC=C2CCCC(C=Cc3sc4ccccc4[n+]3CCC)=C2Sc2ccccc2)Sc2ccccc21. The highest BCUT2D eigenvalue weighted by atomic mass is 32.2. The number of rotatable bonds is 9. The van der Waals surface area contributed by atoms with Gasteiger partial charge in [-0.3, -0.25) is 0 Å². The average Bonchev–Trinajstić information content (AvgIpc) is 3.54. The van der Waals surface area contributed by atoms with Gasteiger partial charge in [-0.25, -0.2) is 0 Å². The van der Waals surface area contributed by atoms with Gasteiger partial charge in [0.05, 0.1) is 10.7 Å². The van der Waals surface area contributed by atoms with Crippen molar-refractivity contribution in [3.8, 4) is 0 Å². The molecular weight excluding hydrogens is 557 g/mol. The Kier molecular flexibility index (Phi) is 9.15. The highest BCUT2D eigenvalue weighted by Crippen LogP contribution is 2.47. The highest BCUT2D eigenvalue weighted by Gasteiger charge is 2.24. The third-order valence-electron chi connectivity index (χ3n) is 7.46. The molecule has 1 aromatic heterocycles. The Balaban J connectivity index is 1.38. The number of anilines is 1. The summed E-state index contributed by atoms with van der Waals surface area (Å²) in [7, 11) is 0. The fourth-order valence-corrected chi connectivity index (χ4v) is 8.88. The number of aromatic nitrogens is 1. The van der Waals surface area contributed by atoms with Crippen molar-refractivity contribution in [1.82, 2.24) is 0 Å². The van der Waals surface area contributed by atoms with Crippen LogP contribution in [0.25, 0.3) is 16.3 Å². The van der Waals surface area contributed by atoms with Gasteiger partial charge >= 0.3 is 0 Å². The van der Waals surface area contributed by atoms with E-state index in [-0.39, 0.29) is 0 Å². The maximum atomic E-state index is 2.49. The van der Waals surface area contributed by atoms with Gasteiger partial charge in [0, 0.05) is 39.8 Å². The fourth-order valence-electron chi connectivity index (χ4n) is 5.56. The van der Waals surface area contributed by atoms with Crippen molar-refractivity contribution >= 4 is 56.8 Å². The average molecular weight is 594 g/mol. The van der Waals surface area contributed by atoms with Gasteiger partial charge in [-0.1, -0.05) is 103 Å². The molecule has 208 valence electrons. The van der Waals surface area contributed by atoms with Crippen LogP contribution in [0.1, 0.15) is 51.0 Å². The summed E-state index contributed by atoms with van der Waals surface area (Å²) in [6, 6.07) is 28.5. The summed E-state index contributed by atoms with van der Waals surface area (Å²) < 4.78 is 3.85. The minimum atomic E-state index is 1.04. The Morgan fingerprint density at radius 2 is 1.66 bits per heavy atom. The van der Waals surface area contributed by atoms with E-state index in [0.717, 1.165) is 38.8 Å². The van der Waals surface area contributed by atoms with Gasteiger partial charge in [0.25, 0.3) is 5.01 Å². The number of benzene rings is 3. The van der Waals surface area contributed by atoms with Crippen LogP contribution in [-0.4, -0.2) is 6.54 Å². The summed E-state index contributed by atoms with van der Waals surface area (Å²) in [5.41, 5.74) is 5.58. The molecule has 2 nitrogen and oxygen atoms in total. The number of hydrogen-bond acceptors (Lipinski definition) is 4. The quantitative estimate of drug-likeness (QED) is 0.178. The lowest BCUT2D eigenvalue weighted by molar-refractivity contribution is -0.668. The molecule has 6 rings (SSSR count). The number of para-hydroxylation sites is 2. The van der Waals surface area contributed by atoms with Crippen LogP contribution in [0.4, 0.5) is 5.69 Å². The summed E-state index contributed by atoms with van der Waals surface area (Å²) in [4.78, 5) is 6.56. The molecular formula is C36H37N2S3+. The number of allylic oxidation sites excluding steroid dienone is 5. The van der Waals surface area contributed by atoms with Gasteiger partial charge in [0.2, 0.25) is 5.52 Å². The molecule has 2 aliphatic rings. The van der Waals surface area contributed by atoms with Crippen LogP contribution in [0.15, 0.2) is 128 Å². The van der Waals surface area contributed by atoms with Crippen LogP contribution >= 0.6 is 34.9 Å². The Labute approximate surface area is 257 Å². The molecule has 41 heavy (non-hydrogen) atoms. The number of thioether (sulfide) groups is 2. The van der Waals surface area contributed by atoms with E-state index in [0.29, 0.717) is 0 Å². The lowest BCUT2D eigenvalue weighted by atomic mass is 9.94. The predicted molar refractivity (Wildman–Crippen MR) is 181 cm³/mol. The second-order valence-electron chi connectivity index (χ2n) is 10.4. The van der Waals surface area contributed by atoms with Crippen LogP contribution in [0.5, 0.6) is 0 Å². The molecule has 0 saturated carbocycles. The van der Waals surface area contributed by atoms with Gasteiger partial charge in [-0.2, -0.15) is 4.57 Å². The van der Waals surface area contributed by atoms with E-state index in [2.05, 4.69) is 126 Å². The van der Waals surface area contributed by atoms with E-state index in [1.54, 1.807) is 0 Å². The van der Waals surface area contributed by atoms with Gasteiger partial charge in [0.1, 0.15) is 11.2 Å². The lowest BCUT2D eigenvalue weighted by Gasteiger charge is -2.22. The first-order chi connectivity index (χ1) is 20.2. The van der Waals surface area contributed by atoms with Crippen molar-refractivity contribution < 1.29 is 4.57 Å². The molecule has 0 N–H and O–H groups in total. The number of hydrogen-bond donors (Lipinski definition) is 0. The first-order valence-electron chi connectivity index (χ1n) is 14.8. The zero-order valence-electron chi connectivity index (χ0n) is 23.9. The highest BCUT2D eigenvalue weighted by molar-refractivity contribution is 8.04. The summed E-state index contributed by atoms with van der Waals surface area (Å²) >= 11 is 5.72. The molecule has 2 heterocycles. The van der Waals surface area contributed by atoms with Crippen molar-refractivity contribution in [1.29, 1.82) is 0 Å². The molecule has 0 bridgehead atoms. The Bertz CT molecular complexity index is 1640. The summed E-state index contributed by atoms with van der Waals surface area (Å²) in [6.07, 6.45) is 15.2. The van der Waals surface area contributed by atoms with Crippen molar-refractivity contribution in [3.05, 3.63) is 123 Å². The Morgan fingerprint density at radius 3 is 2.51 bits per heavy atom. The van der Waals surface area contributed by atoms with Gasteiger partial charge < -0.3 is 4.90 Å². The van der Waals surface area contributed by atoms with Crippen molar-refractivity contribution in [3.63, 3.8) is 0 Å². The second-order valence-corrected chi connectivity index (χ2v) is 13.6. The van der Waals surface area contributed by atoms with Crippen molar-refractivity contribution in [2.45, 2.75) is 62.3 Å². The normalized spacial score (nSPS) is 17.5. The van der Waals surface area contributed by atoms with Crippen LogP contribution in [0.2, 0.25) is 0 Å².